The molecule has 0 spiro atoms. The van der Waals surface area contributed by atoms with Crippen LogP contribution in [0.3, 0.4) is 0 Å². The number of nitrogens with zero attached hydrogens (tertiary/aromatic N) is 1. The van der Waals surface area contributed by atoms with Crippen LogP contribution in [0.5, 0.6) is 0 Å². The maximum Gasteiger partial charge on any atom is 0.313 e. The van der Waals surface area contributed by atoms with Crippen molar-refractivity contribution in [1.82, 2.24) is 9.97 Å². The first-order valence-electron chi connectivity index (χ1n) is 8.10. The van der Waals surface area contributed by atoms with E-state index in [0.29, 0.717) is 15.4 Å². The Morgan fingerprint density at radius 3 is 2.88 bits per heavy atom. The van der Waals surface area contributed by atoms with Crippen molar-refractivity contribution in [2.45, 2.75) is 30.8 Å². The molecule has 3 aromatic rings. The van der Waals surface area contributed by atoms with Gasteiger partial charge in [-0.2, -0.15) is 0 Å². The molecule has 7 heteroatoms. The van der Waals surface area contributed by atoms with E-state index in [-0.39, 0.29) is 11.3 Å². The van der Waals surface area contributed by atoms with Crippen LogP contribution in [0.25, 0.3) is 21.3 Å². The van der Waals surface area contributed by atoms with Crippen LogP contribution in [-0.4, -0.2) is 26.8 Å². The monoisotopic (exact) mass is 372 g/mol. The zero-order chi connectivity index (χ0) is 17.4. The summed E-state index contributed by atoms with van der Waals surface area (Å²) in [5.41, 5.74) is 4.52. The van der Waals surface area contributed by atoms with E-state index >= 15 is 0 Å². The second-order valence-corrected chi connectivity index (χ2v) is 7.90. The van der Waals surface area contributed by atoms with Gasteiger partial charge in [-0.3, -0.25) is 9.59 Å². The third kappa shape index (κ3) is 3.21. The summed E-state index contributed by atoms with van der Waals surface area (Å²) in [6.45, 7) is 0. The molecule has 4 rings (SSSR count). The highest BCUT2D eigenvalue weighted by atomic mass is 32.2. The number of aliphatic carboxylic acids is 1. The summed E-state index contributed by atoms with van der Waals surface area (Å²) >= 11 is 2.44. The molecule has 0 atom stereocenters. The number of hydrogen-bond acceptors (Lipinski definition) is 5. The number of H-pyrrole nitrogens is 1. The molecule has 1 aromatic carbocycles. The van der Waals surface area contributed by atoms with E-state index in [1.165, 1.54) is 35.3 Å². The number of benzene rings is 1. The Bertz CT molecular complexity index is 1020. The minimum absolute atomic E-state index is 0.127. The van der Waals surface area contributed by atoms with Crippen molar-refractivity contribution in [2.24, 2.45) is 0 Å². The van der Waals surface area contributed by atoms with E-state index in [1.54, 1.807) is 0 Å². The molecule has 0 amide bonds. The third-order valence-electron chi connectivity index (χ3n) is 4.41. The van der Waals surface area contributed by atoms with Crippen LogP contribution in [0.15, 0.2) is 33.5 Å². The number of carbonyl (C=O) groups is 1. The molecule has 0 saturated heterocycles. The lowest BCUT2D eigenvalue weighted by atomic mass is 9.89. The molecular weight excluding hydrogens is 356 g/mol. The van der Waals surface area contributed by atoms with Gasteiger partial charge in [-0.25, -0.2) is 4.98 Å². The van der Waals surface area contributed by atoms with Crippen molar-refractivity contribution in [3.8, 4) is 11.1 Å². The Morgan fingerprint density at radius 1 is 1.28 bits per heavy atom. The minimum Gasteiger partial charge on any atom is -0.481 e. The number of carboxylic acids is 1. The van der Waals surface area contributed by atoms with E-state index in [1.807, 2.05) is 5.38 Å². The average Bonchev–Trinajstić information content (AvgIpc) is 3.04. The standard InChI is InChI=1S/C18H16N2O3S2/c21-14(22)9-25-18-19-16(23)15-13(8-24-17(15)20-18)12-6-5-10-3-1-2-4-11(10)7-12/h5-8H,1-4,9H2,(H,21,22)(H,19,20,23). The average molecular weight is 372 g/mol. The van der Waals surface area contributed by atoms with E-state index in [4.69, 9.17) is 5.11 Å². The largest absolute Gasteiger partial charge is 0.481 e. The van der Waals surface area contributed by atoms with Crippen LogP contribution in [0, 0.1) is 0 Å². The minimum atomic E-state index is -0.936. The summed E-state index contributed by atoms with van der Waals surface area (Å²) in [5, 5.41) is 11.7. The Balaban J connectivity index is 1.76. The van der Waals surface area contributed by atoms with E-state index < -0.39 is 5.97 Å². The summed E-state index contributed by atoms with van der Waals surface area (Å²) in [4.78, 5) is 31.0. The molecule has 0 saturated carbocycles. The highest BCUT2D eigenvalue weighted by Gasteiger charge is 2.16. The van der Waals surface area contributed by atoms with Gasteiger partial charge in [0.25, 0.3) is 5.56 Å². The lowest BCUT2D eigenvalue weighted by Gasteiger charge is -2.16. The first-order chi connectivity index (χ1) is 12.1. The summed E-state index contributed by atoms with van der Waals surface area (Å²) in [5.74, 6) is -1.06. The van der Waals surface area contributed by atoms with Crippen molar-refractivity contribution >= 4 is 39.3 Å². The van der Waals surface area contributed by atoms with Crippen molar-refractivity contribution < 1.29 is 9.90 Å². The predicted molar refractivity (Wildman–Crippen MR) is 101 cm³/mol. The normalized spacial score (nSPS) is 13.8. The van der Waals surface area contributed by atoms with E-state index in [9.17, 15) is 9.59 Å². The molecule has 0 radical (unpaired) electrons. The molecule has 1 aliphatic carbocycles. The van der Waals surface area contributed by atoms with Gasteiger partial charge < -0.3 is 10.1 Å². The van der Waals surface area contributed by atoms with Crippen LogP contribution in [0.1, 0.15) is 24.0 Å². The molecular formula is C18H16N2O3S2. The molecule has 0 bridgehead atoms. The highest BCUT2D eigenvalue weighted by molar-refractivity contribution is 7.99. The van der Waals surface area contributed by atoms with Gasteiger partial charge in [0, 0.05) is 10.9 Å². The number of hydrogen-bond donors (Lipinski definition) is 2. The molecule has 0 unspecified atom stereocenters. The van der Waals surface area contributed by atoms with Gasteiger partial charge in [-0.05, 0) is 42.4 Å². The van der Waals surface area contributed by atoms with Crippen molar-refractivity contribution in [2.75, 3.05) is 5.75 Å². The molecule has 2 N–H and O–H groups in total. The number of rotatable bonds is 4. The molecule has 0 aliphatic heterocycles. The number of carboxylic acid groups (broad SMARTS) is 1. The van der Waals surface area contributed by atoms with Crippen LogP contribution < -0.4 is 5.56 Å². The topological polar surface area (TPSA) is 83.0 Å². The second-order valence-electron chi connectivity index (χ2n) is 6.07. The van der Waals surface area contributed by atoms with Crippen LogP contribution in [-0.2, 0) is 17.6 Å². The number of nitrogens with one attached hydrogen (secondary N) is 1. The lowest BCUT2D eigenvalue weighted by molar-refractivity contribution is -0.133. The quantitative estimate of drug-likeness (QED) is 0.539. The van der Waals surface area contributed by atoms with Gasteiger partial charge in [0.1, 0.15) is 4.83 Å². The highest BCUT2D eigenvalue weighted by Crippen LogP contribution is 2.34. The first kappa shape index (κ1) is 16.4. The van der Waals surface area contributed by atoms with Gasteiger partial charge in [-0.15, -0.1) is 11.3 Å². The van der Waals surface area contributed by atoms with Gasteiger partial charge >= 0.3 is 5.97 Å². The number of thiophene rings is 1. The van der Waals surface area contributed by atoms with Crippen LogP contribution >= 0.6 is 23.1 Å². The molecule has 5 nitrogen and oxygen atoms in total. The number of aromatic amines is 1. The molecule has 25 heavy (non-hydrogen) atoms. The molecule has 2 heterocycles. The van der Waals surface area contributed by atoms with Gasteiger partial charge in [-0.1, -0.05) is 30.0 Å². The number of thioether (sulfide) groups is 1. The number of aromatic nitrogens is 2. The van der Waals surface area contributed by atoms with E-state index in [0.717, 1.165) is 35.7 Å². The van der Waals surface area contributed by atoms with Crippen LogP contribution in [0.4, 0.5) is 0 Å². The SMILES string of the molecule is O=C(O)CSc1nc2scc(-c3ccc4c(c3)CCCC4)c2c(=O)[nH]1. The smallest absolute Gasteiger partial charge is 0.313 e. The summed E-state index contributed by atoms with van der Waals surface area (Å²) in [6.07, 6.45) is 4.68. The van der Waals surface area contributed by atoms with Gasteiger partial charge in [0.05, 0.1) is 11.1 Å². The Kier molecular flexibility index (Phi) is 4.35. The maximum atomic E-state index is 12.5. The van der Waals surface area contributed by atoms with Crippen molar-refractivity contribution in [1.29, 1.82) is 0 Å². The Morgan fingerprint density at radius 2 is 2.08 bits per heavy atom. The fourth-order valence-electron chi connectivity index (χ4n) is 3.24. The van der Waals surface area contributed by atoms with E-state index in [2.05, 4.69) is 28.2 Å². The third-order valence-corrected chi connectivity index (χ3v) is 6.14. The number of aryl methyl sites for hydroxylation is 2. The Labute approximate surface area is 152 Å². The molecule has 2 aromatic heterocycles. The van der Waals surface area contributed by atoms with Crippen LogP contribution in [0.2, 0.25) is 0 Å². The fraction of sp³-hybridized carbons (Fsp3) is 0.278. The zero-order valence-electron chi connectivity index (χ0n) is 13.4. The molecule has 0 fully saturated rings. The summed E-state index contributed by atoms with van der Waals surface area (Å²) in [7, 11) is 0. The second kappa shape index (κ2) is 6.65. The molecule has 128 valence electrons. The number of fused-ring (bicyclic) bond motifs is 2. The maximum absolute atomic E-state index is 12.5. The first-order valence-corrected chi connectivity index (χ1v) is 9.96. The van der Waals surface area contributed by atoms with Gasteiger partial charge in [0.15, 0.2) is 5.16 Å². The van der Waals surface area contributed by atoms with Crippen molar-refractivity contribution in [3.63, 3.8) is 0 Å². The summed E-state index contributed by atoms with van der Waals surface area (Å²) < 4.78 is 0. The van der Waals surface area contributed by atoms with Gasteiger partial charge in [0.2, 0.25) is 0 Å². The predicted octanol–water partition coefficient (Wildman–Crippen LogP) is 3.71. The summed E-state index contributed by atoms with van der Waals surface area (Å²) in [6, 6.07) is 6.45. The fourth-order valence-corrected chi connectivity index (χ4v) is 4.83. The Hall–Kier alpha value is -2.12. The zero-order valence-corrected chi connectivity index (χ0v) is 15.0. The lowest BCUT2D eigenvalue weighted by Crippen LogP contribution is -2.10. The molecule has 1 aliphatic rings. The van der Waals surface area contributed by atoms with Crippen molar-refractivity contribution in [3.05, 3.63) is 45.1 Å².